The molecule has 1 saturated carbocycles. The lowest BCUT2D eigenvalue weighted by molar-refractivity contribution is 0.396. The van der Waals surface area contributed by atoms with Gasteiger partial charge in [-0.05, 0) is 55.4 Å². The summed E-state index contributed by atoms with van der Waals surface area (Å²) in [6, 6.07) is 14.1. The number of aromatic nitrogens is 1. The second-order valence-electron chi connectivity index (χ2n) is 5.59. The van der Waals surface area contributed by atoms with Crippen LogP contribution in [-0.4, -0.2) is 10.1 Å². The summed E-state index contributed by atoms with van der Waals surface area (Å²) in [5.41, 5.74) is 1.91. The van der Waals surface area contributed by atoms with Crippen molar-refractivity contribution in [2.24, 2.45) is 0 Å². The van der Waals surface area contributed by atoms with Crippen LogP contribution in [0.2, 0.25) is 0 Å². The highest BCUT2D eigenvalue weighted by atomic mass is 79.9. The van der Waals surface area contributed by atoms with Gasteiger partial charge in [0, 0.05) is 16.4 Å². The fourth-order valence-electron chi connectivity index (χ4n) is 3.02. The molecule has 1 heterocycles. The lowest BCUT2D eigenvalue weighted by atomic mass is 9.93. The zero-order valence-electron chi connectivity index (χ0n) is 12.2. The van der Waals surface area contributed by atoms with E-state index in [-0.39, 0.29) is 5.54 Å². The summed E-state index contributed by atoms with van der Waals surface area (Å²) in [5.74, 6) is 0. The van der Waals surface area contributed by atoms with Crippen molar-refractivity contribution in [3.8, 4) is 0 Å². The van der Waals surface area contributed by atoms with Gasteiger partial charge < -0.3 is 10.6 Å². The van der Waals surface area contributed by atoms with Gasteiger partial charge >= 0.3 is 0 Å². The predicted molar refractivity (Wildman–Crippen MR) is 97.9 cm³/mol. The molecule has 1 aliphatic carbocycles. The molecule has 0 radical (unpaired) electrons. The van der Waals surface area contributed by atoms with Crippen molar-refractivity contribution >= 4 is 38.9 Å². The average Bonchev–Trinajstić information content (AvgIpc) is 2.98. The van der Waals surface area contributed by atoms with Crippen LogP contribution >= 0.6 is 28.1 Å². The number of benzene rings is 1. The molecule has 1 aliphatic rings. The molecule has 22 heavy (non-hydrogen) atoms. The molecule has 3 nitrogen and oxygen atoms in total. The molecule has 0 amide bonds. The fourth-order valence-corrected chi connectivity index (χ4v) is 3.73. The van der Waals surface area contributed by atoms with Crippen LogP contribution in [0.3, 0.4) is 0 Å². The molecule has 0 atom stereocenters. The summed E-state index contributed by atoms with van der Waals surface area (Å²) in [4.78, 5) is 4.55. The van der Waals surface area contributed by atoms with Gasteiger partial charge in [-0.25, -0.2) is 0 Å². The molecule has 1 aromatic carbocycles. The molecule has 1 aromatic heterocycles. The van der Waals surface area contributed by atoms with E-state index in [4.69, 9.17) is 12.2 Å². The average molecular weight is 376 g/mol. The van der Waals surface area contributed by atoms with E-state index >= 15 is 0 Å². The second kappa shape index (κ2) is 6.75. The van der Waals surface area contributed by atoms with Crippen LogP contribution < -0.4 is 10.6 Å². The van der Waals surface area contributed by atoms with Crippen molar-refractivity contribution in [1.82, 2.24) is 10.3 Å². The Morgan fingerprint density at radius 2 is 1.95 bits per heavy atom. The number of nitrogens with zero attached hydrogens (tertiary/aromatic N) is 1. The Morgan fingerprint density at radius 1 is 1.14 bits per heavy atom. The molecule has 2 N–H and O–H groups in total. The minimum atomic E-state index is -0.142. The first-order valence-corrected chi connectivity index (χ1v) is 8.64. The highest BCUT2D eigenvalue weighted by molar-refractivity contribution is 9.10. The maximum absolute atomic E-state index is 5.52. The van der Waals surface area contributed by atoms with Crippen LogP contribution in [0.4, 0.5) is 5.69 Å². The molecule has 3 rings (SSSR count). The Balaban J connectivity index is 1.76. The van der Waals surface area contributed by atoms with Crippen LogP contribution in [-0.2, 0) is 5.54 Å². The number of anilines is 1. The molecule has 0 unspecified atom stereocenters. The standard InChI is InChI=1S/C17H18BrN3S/c18-13-6-5-7-14(12-13)20-16(22)21-17(9-2-3-10-17)15-8-1-4-11-19-15/h1,4-8,11-12H,2-3,9-10H2,(H2,20,21,22). The molecule has 5 heteroatoms. The highest BCUT2D eigenvalue weighted by Crippen LogP contribution is 2.37. The van der Waals surface area contributed by atoms with E-state index in [1.807, 2.05) is 42.6 Å². The maximum atomic E-state index is 5.52. The van der Waals surface area contributed by atoms with E-state index in [1.165, 1.54) is 12.8 Å². The number of rotatable bonds is 3. The van der Waals surface area contributed by atoms with E-state index < -0.39 is 0 Å². The molecule has 2 aromatic rings. The summed E-state index contributed by atoms with van der Waals surface area (Å²) < 4.78 is 1.03. The number of pyridine rings is 1. The van der Waals surface area contributed by atoms with Crippen LogP contribution in [0.1, 0.15) is 31.4 Å². The monoisotopic (exact) mass is 375 g/mol. The molecule has 0 saturated heterocycles. The van der Waals surface area contributed by atoms with Gasteiger partial charge in [-0.15, -0.1) is 0 Å². The first kappa shape index (κ1) is 15.4. The van der Waals surface area contributed by atoms with Crippen molar-refractivity contribution in [3.05, 3.63) is 58.8 Å². The van der Waals surface area contributed by atoms with E-state index in [0.29, 0.717) is 5.11 Å². The van der Waals surface area contributed by atoms with Crippen molar-refractivity contribution < 1.29 is 0 Å². The van der Waals surface area contributed by atoms with Crippen LogP contribution in [0.15, 0.2) is 53.1 Å². The second-order valence-corrected chi connectivity index (χ2v) is 6.92. The van der Waals surface area contributed by atoms with E-state index in [2.05, 4.69) is 37.6 Å². The molecule has 114 valence electrons. The molecule has 1 fully saturated rings. The highest BCUT2D eigenvalue weighted by Gasteiger charge is 2.37. The number of halogens is 1. The van der Waals surface area contributed by atoms with Crippen LogP contribution in [0, 0.1) is 0 Å². The largest absolute Gasteiger partial charge is 0.351 e. The predicted octanol–water partition coefficient (Wildman–Crippen LogP) is 4.60. The van der Waals surface area contributed by atoms with Gasteiger partial charge in [-0.1, -0.05) is 40.9 Å². The smallest absolute Gasteiger partial charge is 0.171 e. The van der Waals surface area contributed by atoms with Crippen molar-refractivity contribution in [1.29, 1.82) is 0 Å². The number of thiocarbonyl (C=S) groups is 1. The van der Waals surface area contributed by atoms with E-state index in [9.17, 15) is 0 Å². The number of hydrogen-bond donors (Lipinski definition) is 2. The topological polar surface area (TPSA) is 37.0 Å². The zero-order valence-corrected chi connectivity index (χ0v) is 14.6. The molecular weight excluding hydrogens is 358 g/mol. The lowest BCUT2D eigenvalue weighted by Gasteiger charge is -2.31. The summed E-state index contributed by atoms with van der Waals surface area (Å²) in [5, 5.41) is 7.43. The Kier molecular flexibility index (Phi) is 4.74. The molecular formula is C17H18BrN3S. The summed E-state index contributed by atoms with van der Waals surface area (Å²) in [6.45, 7) is 0. The number of hydrogen-bond acceptors (Lipinski definition) is 2. The Hall–Kier alpha value is -1.46. The van der Waals surface area contributed by atoms with Crippen LogP contribution in [0.25, 0.3) is 0 Å². The Labute approximate surface area is 144 Å². The van der Waals surface area contributed by atoms with Gasteiger partial charge in [0.25, 0.3) is 0 Å². The quantitative estimate of drug-likeness (QED) is 0.768. The minimum absolute atomic E-state index is 0.142. The van der Waals surface area contributed by atoms with Crippen molar-refractivity contribution in [3.63, 3.8) is 0 Å². The van der Waals surface area contributed by atoms with Gasteiger partial charge in [0.15, 0.2) is 5.11 Å². The van der Waals surface area contributed by atoms with E-state index in [1.54, 1.807) is 0 Å². The molecule has 0 spiro atoms. The minimum Gasteiger partial charge on any atom is -0.351 e. The maximum Gasteiger partial charge on any atom is 0.171 e. The van der Waals surface area contributed by atoms with Gasteiger partial charge in [0.2, 0.25) is 0 Å². The summed E-state index contributed by atoms with van der Waals surface area (Å²) in [6.07, 6.45) is 6.36. The van der Waals surface area contributed by atoms with Crippen LogP contribution in [0.5, 0.6) is 0 Å². The lowest BCUT2D eigenvalue weighted by Crippen LogP contribution is -2.46. The third-order valence-electron chi connectivity index (χ3n) is 4.05. The van der Waals surface area contributed by atoms with Gasteiger partial charge in [-0.3, -0.25) is 4.98 Å². The third kappa shape index (κ3) is 3.47. The zero-order chi connectivity index (χ0) is 15.4. The van der Waals surface area contributed by atoms with Gasteiger partial charge in [0.05, 0.1) is 11.2 Å². The SMILES string of the molecule is S=C(Nc1cccc(Br)c1)NC1(c2ccccn2)CCCC1. The summed E-state index contributed by atoms with van der Waals surface area (Å²) >= 11 is 9.00. The van der Waals surface area contributed by atoms with Gasteiger partial charge in [-0.2, -0.15) is 0 Å². The first-order valence-electron chi connectivity index (χ1n) is 7.44. The van der Waals surface area contributed by atoms with Gasteiger partial charge in [0.1, 0.15) is 0 Å². The normalized spacial score (nSPS) is 16.2. The van der Waals surface area contributed by atoms with E-state index in [0.717, 1.165) is 28.7 Å². The molecule has 0 bridgehead atoms. The fraction of sp³-hybridized carbons (Fsp3) is 0.294. The Bertz CT molecular complexity index is 654. The summed E-state index contributed by atoms with van der Waals surface area (Å²) in [7, 11) is 0. The number of nitrogens with one attached hydrogen (secondary N) is 2. The molecule has 0 aliphatic heterocycles. The van der Waals surface area contributed by atoms with Crippen molar-refractivity contribution in [2.75, 3.05) is 5.32 Å². The Morgan fingerprint density at radius 3 is 2.64 bits per heavy atom. The van der Waals surface area contributed by atoms with Crippen molar-refractivity contribution in [2.45, 2.75) is 31.2 Å². The first-order chi connectivity index (χ1) is 10.7. The third-order valence-corrected chi connectivity index (χ3v) is 4.74.